The topological polar surface area (TPSA) is 75.4 Å². The normalized spacial score (nSPS) is 29.7. The maximum absolute atomic E-state index is 11.9. The number of nitrogens with one attached hydrogen (secondary N) is 1. The van der Waals surface area contributed by atoms with E-state index in [1.165, 1.54) is 4.31 Å². The van der Waals surface area contributed by atoms with E-state index in [4.69, 9.17) is 5.73 Å². The van der Waals surface area contributed by atoms with Crippen LogP contribution in [0.4, 0.5) is 0 Å². The molecule has 0 aromatic rings. The van der Waals surface area contributed by atoms with E-state index in [0.29, 0.717) is 6.54 Å². The minimum absolute atomic E-state index is 0.0977. The van der Waals surface area contributed by atoms with Crippen molar-refractivity contribution in [3.63, 3.8) is 0 Å². The van der Waals surface area contributed by atoms with Crippen LogP contribution in [-0.2, 0) is 10.2 Å². The van der Waals surface area contributed by atoms with Gasteiger partial charge in [0.25, 0.3) is 10.2 Å². The number of hydrogen-bond acceptors (Lipinski definition) is 3. The van der Waals surface area contributed by atoms with E-state index in [1.807, 2.05) is 6.92 Å². The fourth-order valence-electron chi connectivity index (χ4n) is 1.82. The van der Waals surface area contributed by atoms with E-state index in [-0.39, 0.29) is 12.0 Å². The van der Waals surface area contributed by atoms with Crippen molar-refractivity contribution < 1.29 is 8.42 Å². The van der Waals surface area contributed by atoms with Crippen molar-refractivity contribution in [2.75, 3.05) is 6.54 Å². The monoisotopic (exact) mass is 235 g/mol. The maximum Gasteiger partial charge on any atom is 0.281 e. The molecule has 3 N–H and O–H groups in total. The molecular weight excluding hydrogens is 214 g/mol. The average Bonchev–Trinajstić information content (AvgIpc) is 2.07. The van der Waals surface area contributed by atoms with Crippen molar-refractivity contribution in [3.05, 3.63) is 0 Å². The highest BCUT2D eigenvalue weighted by Crippen LogP contribution is 2.21. The molecule has 0 aromatic heterocycles. The van der Waals surface area contributed by atoms with Gasteiger partial charge in [-0.05, 0) is 32.6 Å². The molecule has 1 rings (SSSR count). The van der Waals surface area contributed by atoms with Gasteiger partial charge in [0.1, 0.15) is 0 Å². The summed E-state index contributed by atoms with van der Waals surface area (Å²) in [7, 11) is -3.41. The SMILES string of the molecule is CC(C)NS(=O)(=O)N1CCCC(C)C1N. The zero-order valence-corrected chi connectivity index (χ0v) is 10.4. The van der Waals surface area contributed by atoms with Crippen LogP contribution in [0.1, 0.15) is 33.6 Å². The highest BCUT2D eigenvalue weighted by Gasteiger charge is 2.33. The zero-order valence-electron chi connectivity index (χ0n) is 9.60. The van der Waals surface area contributed by atoms with Crippen LogP contribution in [0, 0.1) is 5.92 Å². The molecule has 0 radical (unpaired) electrons. The third kappa shape index (κ3) is 3.14. The second-order valence-electron chi connectivity index (χ2n) is 4.50. The van der Waals surface area contributed by atoms with E-state index in [1.54, 1.807) is 13.8 Å². The highest BCUT2D eigenvalue weighted by atomic mass is 32.2. The Bertz CT molecular complexity index is 302. The fourth-order valence-corrected chi connectivity index (χ4v) is 3.45. The quantitative estimate of drug-likeness (QED) is 0.736. The summed E-state index contributed by atoms with van der Waals surface area (Å²) in [5, 5.41) is 0. The predicted molar refractivity (Wildman–Crippen MR) is 60.3 cm³/mol. The first-order valence-corrected chi connectivity index (χ1v) is 6.83. The Morgan fingerprint density at radius 2 is 2.07 bits per heavy atom. The molecule has 0 bridgehead atoms. The minimum atomic E-state index is -3.41. The summed E-state index contributed by atoms with van der Waals surface area (Å²) in [6.07, 6.45) is 1.48. The molecule has 5 nitrogen and oxygen atoms in total. The first-order valence-electron chi connectivity index (χ1n) is 5.39. The zero-order chi connectivity index (χ0) is 11.6. The lowest BCUT2D eigenvalue weighted by Crippen LogP contribution is -2.56. The van der Waals surface area contributed by atoms with Gasteiger partial charge >= 0.3 is 0 Å². The van der Waals surface area contributed by atoms with Gasteiger partial charge in [0.15, 0.2) is 0 Å². The van der Waals surface area contributed by atoms with E-state index >= 15 is 0 Å². The van der Waals surface area contributed by atoms with Crippen LogP contribution in [0.5, 0.6) is 0 Å². The van der Waals surface area contributed by atoms with Gasteiger partial charge < -0.3 is 5.73 Å². The molecule has 1 aliphatic heterocycles. The summed E-state index contributed by atoms with van der Waals surface area (Å²) in [6, 6.07) is -0.0977. The average molecular weight is 235 g/mol. The molecule has 0 spiro atoms. The summed E-state index contributed by atoms with van der Waals surface area (Å²) in [4.78, 5) is 0. The summed E-state index contributed by atoms with van der Waals surface area (Å²) in [5.41, 5.74) is 5.89. The molecule has 2 atom stereocenters. The Kier molecular flexibility index (Phi) is 4.11. The lowest BCUT2D eigenvalue weighted by molar-refractivity contribution is 0.189. The van der Waals surface area contributed by atoms with E-state index in [0.717, 1.165) is 12.8 Å². The van der Waals surface area contributed by atoms with Gasteiger partial charge in [-0.15, -0.1) is 0 Å². The lowest BCUT2D eigenvalue weighted by Gasteiger charge is -2.36. The van der Waals surface area contributed by atoms with Crippen molar-refractivity contribution in [2.45, 2.75) is 45.8 Å². The van der Waals surface area contributed by atoms with Gasteiger partial charge in [0.2, 0.25) is 0 Å². The second-order valence-corrected chi connectivity index (χ2v) is 6.15. The Hall–Kier alpha value is -0.170. The summed E-state index contributed by atoms with van der Waals surface area (Å²) < 4.78 is 27.7. The summed E-state index contributed by atoms with van der Waals surface area (Å²) in [6.45, 7) is 6.11. The molecule has 0 aliphatic carbocycles. The standard InChI is InChI=1S/C9H21N3O2S/c1-7(2)11-15(13,14)12-6-4-5-8(3)9(12)10/h7-9,11H,4-6,10H2,1-3H3. The molecule has 1 saturated heterocycles. The third-order valence-corrected chi connectivity index (χ3v) is 4.46. The summed E-state index contributed by atoms with van der Waals surface area (Å²) in [5.74, 6) is 0.225. The van der Waals surface area contributed by atoms with Crippen molar-refractivity contribution in [2.24, 2.45) is 11.7 Å². The minimum Gasteiger partial charge on any atom is -0.315 e. The Labute approximate surface area is 92.2 Å². The van der Waals surface area contributed by atoms with Gasteiger partial charge in [-0.2, -0.15) is 17.4 Å². The van der Waals surface area contributed by atoms with Gasteiger partial charge in [0.05, 0.1) is 6.17 Å². The second kappa shape index (κ2) is 4.78. The lowest BCUT2D eigenvalue weighted by atomic mass is 9.99. The van der Waals surface area contributed by atoms with Crippen LogP contribution in [0.25, 0.3) is 0 Å². The number of rotatable bonds is 3. The molecule has 1 fully saturated rings. The number of nitrogens with zero attached hydrogens (tertiary/aromatic N) is 1. The van der Waals surface area contributed by atoms with E-state index < -0.39 is 16.4 Å². The fraction of sp³-hybridized carbons (Fsp3) is 1.00. The Morgan fingerprint density at radius 3 is 2.60 bits per heavy atom. The smallest absolute Gasteiger partial charge is 0.281 e. The third-order valence-electron chi connectivity index (χ3n) is 2.65. The molecule has 0 saturated carbocycles. The van der Waals surface area contributed by atoms with Gasteiger partial charge in [-0.25, -0.2) is 0 Å². The van der Waals surface area contributed by atoms with Crippen LogP contribution in [0.2, 0.25) is 0 Å². The van der Waals surface area contributed by atoms with Crippen molar-refractivity contribution in [3.8, 4) is 0 Å². The van der Waals surface area contributed by atoms with E-state index in [2.05, 4.69) is 4.72 Å². The van der Waals surface area contributed by atoms with Crippen molar-refractivity contribution in [1.29, 1.82) is 0 Å². The van der Waals surface area contributed by atoms with Gasteiger partial charge in [-0.3, -0.25) is 0 Å². The molecule has 6 heteroatoms. The van der Waals surface area contributed by atoms with Crippen LogP contribution >= 0.6 is 0 Å². The Morgan fingerprint density at radius 1 is 1.47 bits per heavy atom. The molecular formula is C9H21N3O2S. The molecule has 0 amide bonds. The number of nitrogens with two attached hydrogens (primary N) is 1. The van der Waals surface area contributed by atoms with Crippen LogP contribution < -0.4 is 10.5 Å². The van der Waals surface area contributed by atoms with Gasteiger partial charge in [0, 0.05) is 12.6 Å². The first-order chi connectivity index (χ1) is 6.84. The molecule has 90 valence electrons. The van der Waals surface area contributed by atoms with E-state index in [9.17, 15) is 8.42 Å². The molecule has 2 unspecified atom stereocenters. The number of hydrogen-bond donors (Lipinski definition) is 2. The van der Waals surface area contributed by atoms with Gasteiger partial charge in [-0.1, -0.05) is 6.92 Å². The largest absolute Gasteiger partial charge is 0.315 e. The summed E-state index contributed by atoms with van der Waals surface area (Å²) >= 11 is 0. The van der Waals surface area contributed by atoms with Crippen molar-refractivity contribution >= 4 is 10.2 Å². The molecule has 0 aromatic carbocycles. The highest BCUT2D eigenvalue weighted by molar-refractivity contribution is 7.87. The predicted octanol–water partition coefficient (Wildman–Crippen LogP) is 0.246. The number of piperidine rings is 1. The Balaban J connectivity index is 2.77. The van der Waals surface area contributed by atoms with Crippen LogP contribution in [-0.4, -0.2) is 31.5 Å². The molecule has 1 aliphatic rings. The molecule has 15 heavy (non-hydrogen) atoms. The van der Waals surface area contributed by atoms with Crippen LogP contribution in [0.15, 0.2) is 0 Å². The van der Waals surface area contributed by atoms with Crippen molar-refractivity contribution in [1.82, 2.24) is 9.03 Å². The first kappa shape index (κ1) is 12.9. The molecule has 1 heterocycles. The van der Waals surface area contributed by atoms with Crippen LogP contribution in [0.3, 0.4) is 0 Å². The maximum atomic E-state index is 11.9.